The van der Waals surface area contributed by atoms with Gasteiger partial charge in [-0.25, -0.2) is 0 Å². The molecule has 2 rings (SSSR count). The van der Waals surface area contributed by atoms with E-state index in [2.05, 4.69) is 20.8 Å². The topological polar surface area (TPSA) is 26.3 Å². The molecule has 0 heterocycles. The number of rotatable bonds is 4. The van der Waals surface area contributed by atoms with Gasteiger partial charge in [-0.15, -0.1) is 0 Å². The predicted octanol–water partition coefficient (Wildman–Crippen LogP) is 4.76. The molecule has 0 aromatic heterocycles. The molecule has 116 valence electrons. The first-order valence-electron chi connectivity index (χ1n) is 8.52. The fraction of sp³-hybridized carbons (Fsp3) is 0.944. The Morgan fingerprint density at radius 2 is 1.80 bits per heavy atom. The van der Waals surface area contributed by atoms with Crippen molar-refractivity contribution in [1.29, 1.82) is 0 Å². The molecule has 2 unspecified atom stereocenters. The molecule has 2 aliphatic carbocycles. The van der Waals surface area contributed by atoms with E-state index in [1.54, 1.807) is 7.11 Å². The summed E-state index contributed by atoms with van der Waals surface area (Å²) in [6, 6.07) is 0. The summed E-state index contributed by atoms with van der Waals surface area (Å²) in [6.07, 6.45) is 10.00. The highest BCUT2D eigenvalue weighted by molar-refractivity contribution is 5.89. The lowest BCUT2D eigenvalue weighted by atomic mass is 9.65. The first kappa shape index (κ1) is 16.0. The highest BCUT2D eigenvalue weighted by atomic mass is 16.5. The molecule has 0 aromatic rings. The van der Waals surface area contributed by atoms with Crippen LogP contribution in [0.3, 0.4) is 0 Å². The molecule has 2 nitrogen and oxygen atoms in total. The standard InChI is InChI=1S/C18H32O2/c1-5-14-7-6-8-15(13-14)16(19)18(20-4)11-9-17(2,3)10-12-18/h14-15H,5-13H2,1-4H3. The molecule has 2 aliphatic rings. The molecule has 2 fully saturated rings. The fourth-order valence-corrected chi connectivity index (χ4v) is 4.15. The van der Waals surface area contributed by atoms with Gasteiger partial charge in [-0.2, -0.15) is 0 Å². The maximum absolute atomic E-state index is 13.1. The van der Waals surface area contributed by atoms with Gasteiger partial charge in [-0.1, -0.05) is 40.0 Å². The van der Waals surface area contributed by atoms with E-state index in [1.165, 1.54) is 19.3 Å². The normalized spacial score (nSPS) is 32.8. The fourth-order valence-electron chi connectivity index (χ4n) is 4.15. The molecule has 0 N–H and O–H groups in total. The van der Waals surface area contributed by atoms with E-state index < -0.39 is 5.60 Å². The van der Waals surface area contributed by atoms with Gasteiger partial charge in [0.15, 0.2) is 5.78 Å². The predicted molar refractivity (Wildman–Crippen MR) is 82.7 cm³/mol. The van der Waals surface area contributed by atoms with Crippen molar-refractivity contribution >= 4 is 5.78 Å². The van der Waals surface area contributed by atoms with Crippen molar-refractivity contribution in [3.8, 4) is 0 Å². The molecular weight excluding hydrogens is 248 g/mol. The van der Waals surface area contributed by atoms with Gasteiger partial charge in [0.2, 0.25) is 0 Å². The molecule has 2 atom stereocenters. The number of ketones is 1. The minimum Gasteiger partial charge on any atom is -0.370 e. The monoisotopic (exact) mass is 280 g/mol. The van der Waals surface area contributed by atoms with Crippen LogP contribution in [0.1, 0.15) is 78.6 Å². The molecule has 0 aromatic carbocycles. The number of Topliss-reactive ketones (excluding diaryl/α,β-unsaturated/α-hetero) is 1. The van der Waals surface area contributed by atoms with Crippen LogP contribution in [-0.4, -0.2) is 18.5 Å². The number of hydrogen-bond acceptors (Lipinski definition) is 2. The lowest BCUT2D eigenvalue weighted by molar-refractivity contribution is -0.154. The van der Waals surface area contributed by atoms with Crippen LogP contribution in [0.15, 0.2) is 0 Å². The van der Waals surface area contributed by atoms with Crippen molar-refractivity contribution in [1.82, 2.24) is 0 Å². The summed E-state index contributed by atoms with van der Waals surface area (Å²) in [6.45, 7) is 6.88. The first-order chi connectivity index (χ1) is 9.42. The molecule has 0 saturated heterocycles. The van der Waals surface area contributed by atoms with Crippen molar-refractivity contribution in [3.05, 3.63) is 0 Å². The molecule has 0 aliphatic heterocycles. The van der Waals surface area contributed by atoms with E-state index in [9.17, 15) is 4.79 Å². The largest absolute Gasteiger partial charge is 0.370 e. The van der Waals surface area contributed by atoms with Crippen LogP contribution in [0, 0.1) is 17.3 Å². The summed E-state index contributed by atoms with van der Waals surface area (Å²) in [5.74, 6) is 1.44. The number of hydrogen-bond donors (Lipinski definition) is 0. The van der Waals surface area contributed by atoms with E-state index in [0.29, 0.717) is 11.2 Å². The van der Waals surface area contributed by atoms with Crippen LogP contribution in [0.4, 0.5) is 0 Å². The molecule has 20 heavy (non-hydrogen) atoms. The Morgan fingerprint density at radius 1 is 1.15 bits per heavy atom. The van der Waals surface area contributed by atoms with Gasteiger partial charge < -0.3 is 4.74 Å². The van der Waals surface area contributed by atoms with Crippen molar-refractivity contribution in [2.75, 3.05) is 7.11 Å². The minimum absolute atomic E-state index is 0.259. The van der Waals surface area contributed by atoms with Crippen LogP contribution >= 0.6 is 0 Å². The molecule has 0 radical (unpaired) electrons. The second-order valence-electron chi connectivity index (χ2n) is 7.86. The molecule has 2 heteroatoms. The highest BCUT2D eigenvalue weighted by Gasteiger charge is 2.46. The lowest BCUT2D eigenvalue weighted by Gasteiger charge is -2.44. The minimum atomic E-state index is -0.462. The lowest BCUT2D eigenvalue weighted by Crippen LogP contribution is -2.49. The first-order valence-corrected chi connectivity index (χ1v) is 8.52. The zero-order chi connectivity index (χ0) is 14.8. The number of ether oxygens (including phenoxy) is 1. The Morgan fingerprint density at radius 3 is 2.35 bits per heavy atom. The molecule has 0 amide bonds. The number of methoxy groups -OCH3 is 1. The molecule has 0 spiro atoms. The average Bonchev–Trinajstić information content (AvgIpc) is 2.47. The summed E-state index contributed by atoms with van der Waals surface area (Å²) >= 11 is 0. The van der Waals surface area contributed by atoms with Crippen molar-refractivity contribution in [2.45, 2.75) is 84.2 Å². The quantitative estimate of drug-likeness (QED) is 0.742. The van der Waals surface area contributed by atoms with Crippen molar-refractivity contribution in [2.24, 2.45) is 17.3 Å². The van der Waals surface area contributed by atoms with Gasteiger partial charge in [0, 0.05) is 13.0 Å². The maximum atomic E-state index is 13.1. The van der Waals surface area contributed by atoms with Gasteiger partial charge in [0.25, 0.3) is 0 Å². The van der Waals surface area contributed by atoms with Gasteiger partial charge in [0.05, 0.1) is 0 Å². The third-order valence-electron chi connectivity index (χ3n) is 5.98. The van der Waals surface area contributed by atoms with Crippen LogP contribution in [0.2, 0.25) is 0 Å². The van der Waals surface area contributed by atoms with E-state index in [0.717, 1.165) is 44.4 Å². The van der Waals surface area contributed by atoms with Crippen molar-refractivity contribution < 1.29 is 9.53 Å². The zero-order valence-corrected chi connectivity index (χ0v) is 13.8. The smallest absolute Gasteiger partial charge is 0.167 e. The van der Waals surface area contributed by atoms with Gasteiger partial charge in [-0.3, -0.25) is 4.79 Å². The summed E-state index contributed by atoms with van der Waals surface area (Å²) in [5, 5.41) is 0. The molecule has 2 saturated carbocycles. The Kier molecular flexibility index (Phi) is 4.94. The summed E-state index contributed by atoms with van der Waals surface area (Å²) in [5.41, 5.74) is -0.0867. The SMILES string of the molecule is CCC1CCCC(C(=O)C2(OC)CCC(C)(C)CC2)C1. The van der Waals surface area contributed by atoms with E-state index in [4.69, 9.17) is 4.74 Å². The second-order valence-corrected chi connectivity index (χ2v) is 7.86. The number of carbonyl (C=O) groups excluding carboxylic acids is 1. The molecular formula is C18H32O2. The van der Waals surface area contributed by atoms with Crippen LogP contribution in [0.5, 0.6) is 0 Å². The Labute approximate surface area is 124 Å². The van der Waals surface area contributed by atoms with Crippen LogP contribution in [0.25, 0.3) is 0 Å². The van der Waals surface area contributed by atoms with Gasteiger partial charge >= 0.3 is 0 Å². The maximum Gasteiger partial charge on any atom is 0.167 e. The third kappa shape index (κ3) is 3.27. The highest BCUT2D eigenvalue weighted by Crippen LogP contribution is 2.45. The third-order valence-corrected chi connectivity index (χ3v) is 5.98. The average molecular weight is 280 g/mol. The Hall–Kier alpha value is -0.370. The zero-order valence-electron chi connectivity index (χ0n) is 13.8. The Balaban J connectivity index is 2.05. The van der Waals surface area contributed by atoms with Crippen LogP contribution in [-0.2, 0) is 9.53 Å². The van der Waals surface area contributed by atoms with E-state index in [-0.39, 0.29) is 5.92 Å². The van der Waals surface area contributed by atoms with E-state index >= 15 is 0 Å². The second kappa shape index (κ2) is 6.17. The van der Waals surface area contributed by atoms with Crippen molar-refractivity contribution in [3.63, 3.8) is 0 Å². The van der Waals surface area contributed by atoms with Gasteiger partial charge in [-0.05, 0) is 49.9 Å². The van der Waals surface area contributed by atoms with Gasteiger partial charge in [0.1, 0.15) is 5.60 Å². The Bertz CT molecular complexity index is 335. The summed E-state index contributed by atoms with van der Waals surface area (Å²) in [4.78, 5) is 13.1. The van der Waals surface area contributed by atoms with Crippen LogP contribution < -0.4 is 0 Å². The summed E-state index contributed by atoms with van der Waals surface area (Å²) < 4.78 is 5.81. The summed E-state index contributed by atoms with van der Waals surface area (Å²) in [7, 11) is 1.75. The number of carbonyl (C=O) groups is 1. The molecule has 0 bridgehead atoms. The van der Waals surface area contributed by atoms with E-state index in [1.807, 2.05) is 0 Å².